The molecule has 5 N–H and O–H groups in total. The van der Waals surface area contributed by atoms with Gasteiger partial charge in [-0.3, -0.25) is 4.79 Å². The molecule has 2 aromatic rings. The summed E-state index contributed by atoms with van der Waals surface area (Å²) in [7, 11) is -3.98. The van der Waals surface area contributed by atoms with E-state index in [-0.39, 0.29) is 17.0 Å². The Hall–Kier alpha value is -2.91. The van der Waals surface area contributed by atoms with Gasteiger partial charge in [0.05, 0.1) is 4.90 Å². The van der Waals surface area contributed by atoms with Crippen molar-refractivity contribution in [2.45, 2.75) is 24.3 Å². The Morgan fingerprint density at radius 3 is 2.46 bits per heavy atom. The molecule has 1 unspecified atom stereocenters. The Kier molecular flexibility index (Phi) is 5.39. The van der Waals surface area contributed by atoms with Gasteiger partial charge in [0.25, 0.3) is 15.9 Å². The van der Waals surface area contributed by atoms with Crippen molar-refractivity contribution in [2.75, 3.05) is 13.1 Å². The first-order valence-electron chi connectivity index (χ1n) is 8.74. The van der Waals surface area contributed by atoms with E-state index in [4.69, 9.17) is 11.5 Å². The van der Waals surface area contributed by atoms with Crippen LogP contribution in [0.4, 0.5) is 4.79 Å². The molecule has 1 aliphatic heterocycles. The lowest BCUT2D eigenvalue weighted by atomic mass is 9.97. The van der Waals surface area contributed by atoms with Gasteiger partial charge in [0.2, 0.25) is 0 Å². The molecule has 0 aliphatic carbocycles. The van der Waals surface area contributed by atoms with Gasteiger partial charge in [-0.2, -0.15) is 0 Å². The molecule has 0 fully saturated rings. The van der Waals surface area contributed by atoms with Crippen molar-refractivity contribution in [1.29, 1.82) is 0 Å². The predicted molar refractivity (Wildman–Crippen MR) is 104 cm³/mol. The second kappa shape index (κ2) is 7.61. The number of nitrogens with two attached hydrogens (primary N) is 2. The number of hydrogen-bond acceptors (Lipinski definition) is 5. The number of nitrogens with zero attached hydrogens (tertiary/aromatic N) is 1. The molecule has 3 amide bonds. The number of sulfonamides is 1. The maximum atomic E-state index is 12.5. The average Bonchev–Trinajstić information content (AvgIpc) is 2.80. The number of urea groups is 1. The van der Waals surface area contributed by atoms with E-state index >= 15 is 0 Å². The molecule has 8 nitrogen and oxygen atoms in total. The third-order valence-corrected chi connectivity index (χ3v) is 6.09. The standard InChI is InChI=1S/C19H22N4O4S/c1-12-2-5-15(6-3-12)28(26,27)22-18(24)14-4-7-16-13(10-14)8-9-23(19(21)25)11-17(16)20/h2-7,10,17H,8-9,11,20H2,1H3,(H2,21,25)(H,22,24). The highest BCUT2D eigenvalue weighted by atomic mass is 32.2. The number of primary amides is 1. The molecule has 0 spiro atoms. The van der Waals surface area contributed by atoms with Crippen LogP contribution in [0.15, 0.2) is 47.4 Å². The van der Waals surface area contributed by atoms with E-state index in [0.29, 0.717) is 13.0 Å². The molecule has 148 valence electrons. The Labute approximate surface area is 163 Å². The highest BCUT2D eigenvalue weighted by Gasteiger charge is 2.24. The summed E-state index contributed by atoms with van der Waals surface area (Å²) in [5, 5.41) is 0. The largest absolute Gasteiger partial charge is 0.351 e. The summed E-state index contributed by atoms with van der Waals surface area (Å²) in [5.41, 5.74) is 14.2. The Morgan fingerprint density at radius 1 is 1.14 bits per heavy atom. The summed E-state index contributed by atoms with van der Waals surface area (Å²) < 4.78 is 26.9. The van der Waals surface area contributed by atoms with Crippen LogP contribution in [-0.2, 0) is 16.4 Å². The van der Waals surface area contributed by atoms with Crippen molar-refractivity contribution < 1.29 is 18.0 Å². The van der Waals surface area contributed by atoms with Crippen LogP contribution in [0, 0.1) is 6.92 Å². The van der Waals surface area contributed by atoms with Gasteiger partial charge in [-0.15, -0.1) is 0 Å². The summed E-state index contributed by atoms with van der Waals surface area (Å²) in [5.74, 6) is -0.729. The van der Waals surface area contributed by atoms with Crippen LogP contribution in [-0.4, -0.2) is 38.3 Å². The third-order valence-electron chi connectivity index (χ3n) is 4.74. The summed E-state index contributed by atoms with van der Waals surface area (Å²) >= 11 is 0. The van der Waals surface area contributed by atoms with Crippen molar-refractivity contribution in [3.05, 3.63) is 64.7 Å². The molecule has 0 saturated heterocycles. The minimum Gasteiger partial charge on any atom is -0.351 e. The fourth-order valence-electron chi connectivity index (χ4n) is 3.17. The topological polar surface area (TPSA) is 136 Å². The van der Waals surface area contributed by atoms with Crippen LogP contribution < -0.4 is 16.2 Å². The molecule has 1 heterocycles. The molecule has 9 heteroatoms. The first-order chi connectivity index (χ1) is 13.2. The number of carbonyl (C=O) groups excluding carboxylic acids is 2. The van der Waals surface area contributed by atoms with E-state index in [1.54, 1.807) is 24.3 Å². The van der Waals surface area contributed by atoms with E-state index in [9.17, 15) is 18.0 Å². The van der Waals surface area contributed by atoms with Gasteiger partial charge in [0.1, 0.15) is 0 Å². The molecule has 0 bridgehead atoms. The first kappa shape index (κ1) is 19.8. The smallest absolute Gasteiger partial charge is 0.314 e. The maximum Gasteiger partial charge on any atom is 0.314 e. The lowest BCUT2D eigenvalue weighted by Crippen LogP contribution is -2.40. The molecular formula is C19H22N4O4S. The van der Waals surface area contributed by atoms with Crippen LogP contribution in [0.5, 0.6) is 0 Å². The third kappa shape index (κ3) is 4.15. The summed E-state index contributed by atoms with van der Waals surface area (Å²) in [6, 6.07) is 10.1. The van der Waals surface area contributed by atoms with E-state index < -0.39 is 28.0 Å². The number of benzene rings is 2. The van der Waals surface area contributed by atoms with E-state index in [1.807, 2.05) is 6.92 Å². The lowest BCUT2D eigenvalue weighted by Gasteiger charge is -2.20. The SMILES string of the molecule is Cc1ccc(S(=O)(=O)NC(=O)c2ccc3c(c2)CCN(C(N)=O)CC3N)cc1. The fourth-order valence-corrected chi connectivity index (χ4v) is 4.14. The van der Waals surface area contributed by atoms with Crippen LogP contribution >= 0.6 is 0 Å². The Bertz CT molecular complexity index is 1020. The molecule has 2 aromatic carbocycles. The number of fused-ring (bicyclic) bond motifs is 1. The van der Waals surface area contributed by atoms with Gasteiger partial charge in [-0.05, 0) is 48.7 Å². The predicted octanol–water partition coefficient (Wildman–Crippen LogP) is 1.05. The quantitative estimate of drug-likeness (QED) is 0.705. The number of amides is 3. The molecule has 1 atom stereocenters. The fraction of sp³-hybridized carbons (Fsp3) is 0.263. The number of hydrogen-bond donors (Lipinski definition) is 3. The minimum absolute atomic E-state index is 0.0142. The van der Waals surface area contributed by atoms with E-state index in [2.05, 4.69) is 4.72 Å². The zero-order valence-corrected chi connectivity index (χ0v) is 16.2. The maximum absolute atomic E-state index is 12.5. The number of rotatable bonds is 3. The molecule has 0 aromatic heterocycles. The van der Waals surface area contributed by atoms with Crippen LogP contribution in [0.25, 0.3) is 0 Å². The van der Waals surface area contributed by atoms with Crippen LogP contribution in [0.2, 0.25) is 0 Å². The highest BCUT2D eigenvalue weighted by molar-refractivity contribution is 7.90. The molecule has 3 rings (SSSR count). The first-order valence-corrected chi connectivity index (χ1v) is 10.2. The normalized spacial score (nSPS) is 16.8. The van der Waals surface area contributed by atoms with Gasteiger partial charge in [0.15, 0.2) is 0 Å². The average molecular weight is 402 g/mol. The van der Waals surface area contributed by atoms with Gasteiger partial charge in [-0.25, -0.2) is 17.9 Å². The van der Waals surface area contributed by atoms with Crippen molar-refractivity contribution >= 4 is 22.0 Å². The lowest BCUT2D eigenvalue weighted by molar-refractivity contribution is 0.0981. The van der Waals surface area contributed by atoms with E-state index in [0.717, 1.165) is 16.7 Å². The minimum atomic E-state index is -3.98. The van der Waals surface area contributed by atoms with Gasteiger partial charge in [0, 0.05) is 24.7 Å². The monoisotopic (exact) mass is 402 g/mol. The second-order valence-corrected chi connectivity index (χ2v) is 8.48. The van der Waals surface area contributed by atoms with Gasteiger partial charge < -0.3 is 16.4 Å². The molecule has 1 aliphatic rings. The van der Waals surface area contributed by atoms with Crippen LogP contribution in [0.1, 0.15) is 33.1 Å². The molecule has 28 heavy (non-hydrogen) atoms. The zero-order chi connectivity index (χ0) is 20.5. The Balaban J connectivity index is 1.82. The van der Waals surface area contributed by atoms with Crippen molar-refractivity contribution in [2.24, 2.45) is 11.5 Å². The second-order valence-electron chi connectivity index (χ2n) is 6.80. The number of aryl methyl sites for hydroxylation is 1. The number of carbonyl (C=O) groups is 2. The molecule has 0 radical (unpaired) electrons. The summed E-state index contributed by atoms with van der Waals surface area (Å²) in [4.78, 5) is 25.4. The summed E-state index contributed by atoms with van der Waals surface area (Å²) in [6.07, 6.45) is 0.470. The van der Waals surface area contributed by atoms with Crippen LogP contribution in [0.3, 0.4) is 0 Å². The number of nitrogens with one attached hydrogen (secondary N) is 1. The molecular weight excluding hydrogens is 380 g/mol. The molecule has 0 saturated carbocycles. The van der Waals surface area contributed by atoms with Gasteiger partial charge >= 0.3 is 6.03 Å². The highest BCUT2D eigenvalue weighted by Crippen LogP contribution is 2.23. The van der Waals surface area contributed by atoms with Crippen molar-refractivity contribution in [3.63, 3.8) is 0 Å². The van der Waals surface area contributed by atoms with Crippen molar-refractivity contribution in [3.8, 4) is 0 Å². The van der Waals surface area contributed by atoms with Gasteiger partial charge in [-0.1, -0.05) is 23.8 Å². The Morgan fingerprint density at radius 2 is 1.82 bits per heavy atom. The zero-order valence-electron chi connectivity index (χ0n) is 15.4. The summed E-state index contributed by atoms with van der Waals surface area (Å²) in [6.45, 7) is 2.51. The van der Waals surface area contributed by atoms with E-state index in [1.165, 1.54) is 23.1 Å². The van der Waals surface area contributed by atoms with Crippen molar-refractivity contribution in [1.82, 2.24) is 9.62 Å².